The van der Waals surface area contributed by atoms with E-state index in [-0.39, 0.29) is 11.4 Å². The minimum absolute atomic E-state index is 0.243. The highest BCUT2D eigenvalue weighted by atomic mass is 35.5. The summed E-state index contributed by atoms with van der Waals surface area (Å²) < 4.78 is 10.1. The van der Waals surface area contributed by atoms with E-state index in [1.807, 2.05) is 18.2 Å². The van der Waals surface area contributed by atoms with Crippen LogP contribution in [0.2, 0.25) is 5.02 Å². The fourth-order valence-electron chi connectivity index (χ4n) is 2.73. The van der Waals surface area contributed by atoms with E-state index in [0.717, 1.165) is 24.0 Å². The fraction of sp³-hybridized carbons (Fsp3) is 0.250. The van der Waals surface area contributed by atoms with E-state index in [4.69, 9.17) is 16.3 Å². The molecular formula is C16H13ClN4O3. The Balaban J connectivity index is 1.72. The zero-order chi connectivity index (χ0) is 16.7. The van der Waals surface area contributed by atoms with Gasteiger partial charge in [0.1, 0.15) is 12.0 Å². The highest BCUT2D eigenvalue weighted by Gasteiger charge is 2.46. The summed E-state index contributed by atoms with van der Waals surface area (Å²) in [5.74, 6) is -0.380. The smallest absolute Gasteiger partial charge is 0.373 e. The van der Waals surface area contributed by atoms with Crippen LogP contribution in [0.25, 0.3) is 22.8 Å². The number of benzene rings is 1. The number of hydrogen-bond acceptors (Lipinski definition) is 6. The number of hydrogen-bond donors (Lipinski definition) is 1. The molecule has 2 heterocycles. The third kappa shape index (κ3) is 2.51. The van der Waals surface area contributed by atoms with Crippen molar-refractivity contribution >= 4 is 11.6 Å². The van der Waals surface area contributed by atoms with Crippen molar-refractivity contribution < 1.29 is 9.26 Å². The number of H-pyrrole nitrogens is 1. The summed E-state index contributed by atoms with van der Waals surface area (Å²) in [5.41, 5.74) is 2.71. The third-order valence-electron chi connectivity index (χ3n) is 4.20. The van der Waals surface area contributed by atoms with E-state index in [2.05, 4.69) is 24.6 Å². The Labute approximate surface area is 141 Å². The minimum atomic E-state index is -0.633. The zero-order valence-electron chi connectivity index (χ0n) is 12.7. The Morgan fingerprint density at radius 1 is 1.25 bits per heavy atom. The van der Waals surface area contributed by atoms with Crippen molar-refractivity contribution in [1.29, 1.82) is 0 Å². The predicted molar refractivity (Wildman–Crippen MR) is 86.5 cm³/mol. The monoisotopic (exact) mass is 344 g/mol. The summed E-state index contributed by atoms with van der Waals surface area (Å²) in [7, 11) is 1.70. The molecule has 0 unspecified atom stereocenters. The molecule has 4 rings (SSSR count). The lowest BCUT2D eigenvalue weighted by molar-refractivity contribution is 0.0790. The number of nitrogens with zero attached hydrogens (tertiary/aromatic N) is 3. The van der Waals surface area contributed by atoms with Crippen molar-refractivity contribution in [3.05, 3.63) is 51.7 Å². The molecule has 1 saturated carbocycles. The van der Waals surface area contributed by atoms with Gasteiger partial charge in [-0.25, -0.2) is 14.8 Å². The molecule has 24 heavy (non-hydrogen) atoms. The Morgan fingerprint density at radius 3 is 2.67 bits per heavy atom. The SMILES string of the molecule is COC1(c2ccc(-c3cc(-c4noc(=O)[nH]4)ncn3)cc2Cl)CC1. The van der Waals surface area contributed by atoms with Gasteiger partial charge in [-0.3, -0.25) is 9.51 Å². The number of rotatable bonds is 4. The van der Waals surface area contributed by atoms with E-state index in [9.17, 15) is 4.79 Å². The molecular weight excluding hydrogens is 332 g/mol. The van der Waals surface area contributed by atoms with Gasteiger partial charge in [-0.2, -0.15) is 0 Å². The second-order valence-corrected chi connectivity index (χ2v) is 6.03. The molecule has 1 N–H and O–H groups in total. The van der Waals surface area contributed by atoms with Crippen molar-refractivity contribution in [2.75, 3.05) is 7.11 Å². The van der Waals surface area contributed by atoms with Gasteiger partial charge in [-0.15, -0.1) is 0 Å². The zero-order valence-corrected chi connectivity index (χ0v) is 13.5. The highest BCUT2D eigenvalue weighted by Crippen LogP contribution is 2.51. The molecule has 7 nitrogen and oxygen atoms in total. The van der Waals surface area contributed by atoms with Crippen LogP contribution in [0.1, 0.15) is 18.4 Å². The van der Waals surface area contributed by atoms with E-state index in [1.54, 1.807) is 13.2 Å². The van der Waals surface area contributed by atoms with Gasteiger partial charge in [0.15, 0.2) is 0 Å². The summed E-state index contributed by atoms with van der Waals surface area (Å²) in [6.45, 7) is 0. The maximum absolute atomic E-state index is 11.1. The van der Waals surface area contributed by atoms with Gasteiger partial charge in [0.05, 0.1) is 11.3 Å². The van der Waals surface area contributed by atoms with Gasteiger partial charge in [-0.1, -0.05) is 28.9 Å². The average molecular weight is 345 g/mol. The van der Waals surface area contributed by atoms with Crippen molar-refractivity contribution in [2.24, 2.45) is 0 Å². The van der Waals surface area contributed by atoms with Gasteiger partial charge in [0.25, 0.3) is 0 Å². The van der Waals surface area contributed by atoms with Crippen LogP contribution in [0.5, 0.6) is 0 Å². The standard InChI is InChI=1S/C16H13ClN4O3/c1-23-16(4-5-16)10-3-2-9(6-11(10)17)12-7-13(19-8-18-12)14-20-15(22)24-21-14/h2-3,6-8H,4-5H2,1H3,(H,20,21,22). The number of aromatic amines is 1. The topological polar surface area (TPSA) is 93.9 Å². The summed E-state index contributed by atoms with van der Waals surface area (Å²) in [4.78, 5) is 21.9. The fourth-order valence-corrected chi connectivity index (χ4v) is 3.08. The number of ether oxygens (including phenoxy) is 1. The van der Waals surface area contributed by atoms with Crippen LogP contribution in [0, 0.1) is 0 Å². The first-order valence-corrected chi connectivity index (χ1v) is 7.73. The largest absolute Gasteiger partial charge is 0.439 e. The Kier molecular flexibility index (Phi) is 3.47. The molecule has 2 aromatic heterocycles. The second-order valence-electron chi connectivity index (χ2n) is 5.63. The van der Waals surface area contributed by atoms with Crippen molar-refractivity contribution in [3.63, 3.8) is 0 Å². The molecule has 0 aliphatic heterocycles. The van der Waals surface area contributed by atoms with Crippen molar-refractivity contribution in [1.82, 2.24) is 20.1 Å². The van der Waals surface area contributed by atoms with Crippen molar-refractivity contribution in [2.45, 2.75) is 18.4 Å². The summed E-state index contributed by atoms with van der Waals surface area (Å²) >= 11 is 6.44. The third-order valence-corrected chi connectivity index (χ3v) is 4.51. The lowest BCUT2D eigenvalue weighted by Gasteiger charge is -2.16. The van der Waals surface area contributed by atoms with E-state index in [1.165, 1.54) is 6.33 Å². The van der Waals surface area contributed by atoms with Crippen LogP contribution in [-0.2, 0) is 10.3 Å². The summed E-state index contributed by atoms with van der Waals surface area (Å²) in [5, 5.41) is 4.27. The van der Waals surface area contributed by atoms with Crippen LogP contribution in [0.4, 0.5) is 0 Å². The van der Waals surface area contributed by atoms with Crippen LogP contribution in [-0.4, -0.2) is 27.2 Å². The maximum atomic E-state index is 11.1. The molecule has 1 aliphatic carbocycles. The molecule has 0 amide bonds. The van der Waals surface area contributed by atoms with Crippen LogP contribution < -0.4 is 5.76 Å². The molecule has 0 bridgehead atoms. The van der Waals surface area contributed by atoms with Gasteiger partial charge in [-0.05, 0) is 25.0 Å². The Hall–Kier alpha value is -2.51. The van der Waals surface area contributed by atoms with Crippen LogP contribution >= 0.6 is 11.6 Å². The molecule has 0 saturated heterocycles. The molecule has 0 atom stereocenters. The first-order valence-electron chi connectivity index (χ1n) is 7.35. The van der Waals surface area contributed by atoms with Crippen LogP contribution in [0.15, 0.2) is 39.9 Å². The van der Waals surface area contributed by atoms with Gasteiger partial charge in [0, 0.05) is 23.3 Å². The highest BCUT2D eigenvalue weighted by molar-refractivity contribution is 6.31. The normalized spacial score (nSPS) is 15.4. The molecule has 0 spiro atoms. The van der Waals surface area contributed by atoms with Gasteiger partial charge >= 0.3 is 5.76 Å². The van der Waals surface area contributed by atoms with Gasteiger partial charge in [0.2, 0.25) is 5.82 Å². The lowest BCUT2D eigenvalue weighted by atomic mass is 10.0. The van der Waals surface area contributed by atoms with E-state index in [0.29, 0.717) is 16.4 Å². The predicted octanol–water partition coefficient (Wildman–Crippen LogP) is 2.78. The number of halogens is 1. The van der Waals surface area contributed by atoms with Gasteiger partial charge < -0.3 is 4.74 Å². The van der Waals surface area contributed by atoms with Crippen LogP contribution in [0.3, 0.4) is 0 Å². The second kappa shape index (κ2) is 5.54. The molecule has 3 aromatic rings. The summed E-state index contributed by atoms with van der Waals surface area (Å²) in [6.07, 6.45) is 3.34. The maximum Gasteiger partial charge on any atom is 0.439 e. The molecule has 1 aliphatic rings. The van der Waals surface area contributed by atoms with E-state index >= 15 is 0 Å². The minimum Gasteiger partial charge on any atom is -0.373 e. The average Bonchev–Trinajstić information content (AvgIpc) is 3.28. The number of nitrogens with one attached hydrogen (secondary N) is 1. The Bertz CT molecular complexity index is 962. The first kappa shape index (κ1) is 15.0. The van der Waals surface area contributed by atoms with E-state index < -0.39 is 5.76 Å². The lowest BCUT2D eigenvalue weighted by Crippen LogP contribution is -2.09. The molecule has 1 aromatic carbocycles. The Morgan fingerprint density at radius 2 is 2.04 bits per heavy atom. The first-order chi connectivity index (χ1) is 11.6. The molecule has 8 heteroatoms. The number of aromatic nitrogens is 4. The summed E-state index contributed by atoms with van der Waals surface area (Å²) in [6, 6.07) is 7.47. The molecule has 1 fully saturated rings. The number of methoxy groups -OCH3 is 1. The molecule has 122 valence electrons. The molecule has 0 radical (unpaired) electrons. The quantitative estimate of drug-likeness (QED) is 0.782. The van der Waals surface area contributed by atoms with Crippen molar-refractivity contribution in [3.8, 4) is 22.8 Å².